The number of piperidine rings is 1. The monoisotopic (exact) mass is 353 g/mol. The third kappa shape index (κ3) is 2.41. The molecule has 0 bridgehead atoms. The van der Waals surface area contributed by atoms with E-state index in [0.29, 0.717) is 0 Å². The van der Waals surface area contributed by atoms with Crippen LogP contribution in [0.15, 0.2) is 36.4 Å². The minimum Gasteiger partial charge on any atom is -0.428 e. The summed E-state index contributed by atoms with van der Waals surface area (Å²) in [7, 11) is 0. The van der Waals surface area contributed by atoms with Crippen LogP contribution in [-0.2, 0) is 0 Å². The van der Waals surface area contributed by atoms with Crippen LogP contribution in [0.4, 0.5) is 5.69 Å². The largest absolute Gasteiger partial charge is 0.428 e. The van der Waals surface area contributed by atoms with Crippen LogP contribution >= 0.6 is 23.0 Å². The van der Waals surface area contributed by atoms with Crippen molar-refractivity contribution in [1.29, 1.82) is 0 Å². The van der Waals surface area contributed by atoms with Crippen LogP contribution in [0.3, 0.4) is 0 Å². The molecule has 18 heavy (non-hydrogen) atoms. The lowest BCUT2D eigenvalue weighted by Crippen LogP contribution is -2.29. The SMILES string of the molecule is IOc1ccc2cc(N3CCCCC3)ccc2c1. The van der Waals surface area contributed by atoms with Crippen molar-refractivity contribution in [2.75, 3.05) is 18.0 Å². The first-order valence-electron chi connectivity index (χ1n) is 6.44. The van der Waals surface area contributed by atoms with Crippen molar-refractivity contribution in [1.82, 2.24) is 0 Å². The predicted octanol–water partition coefficient (Wildman–Crippen LogP) is 4.56. The van der Waals surface area contributed by atoms with E-state index in [1.807, 2.05) is 29.1 Å². The maximum Gasteiger partial charge on any atom is 0.192 e. The zero-order chi connectivity index (χ0) is 12.4. The highest BCUT2D eigenvalue weighted by atomic mass is 127. The summed E-state index contributed by atoms with van der Waals surface area (Å²) in [6.45, 7) is 2.39. The van der Waals surface area contributed by atoms with Crippen molar-refractivity contribution < 1.29 is 3.07 Å². The number of hydrogen-bond donors (Lipinski definition) is 0. The average molecular weight is 353 g/mol. The Morgan fingerprint density at radius 1 is 0.889 bits per heavy atom. The second kappa shape index (κ2) is 5.34. The van der Waals surface area contributed by atoms with Gasteiger partial charge in [0.25, 0.3) is 0 Å². The van der Waals surface area contributed by atoms with Crippen LogP contribution in [0.1, 0.15) is 19.3 Å². The molecule has 3 rings (SSSR count). The topological polar surface area (TPSA) is 12.5 Å². The third-order valence-electron chi connectivity index (χ3n) is 3.61. The first-order valence-corrected chi connectivity index (χ1v) is 7.32. The summed E-state index contributed by atoms with van der Waals surface area (Å²) in [5.74, 6) is 0.911. The molecule has 0 aliphatic carbocycles. The first kappa shape index (κ1) is 12.1. The molecule has 2 aromatic rings. The Hall–Kier alpha value is -0.970. The Labute approximate surface area is 122 Å². The molecule has 1 saturated heterocycles. The summed E-state index contributed by atoms with van der Waals surface area (Å²) < 4.78 is 5.23. The molecule has 0 unspecified atom stereocenters. The number of rotatable bonds is 2. The van der Waals surface area contributed by atoms with Gasteiger partial charge >= 0.3 is 0 Å². The van der Waals surface area contributed by atoms with Crippen LogP contribution in [0.25, 0.3) is 10.8 Å². The second-order valence-corrected chi connectivity index (χ2v) is 5.26. The fraction of sp³-hybridized carbons (Fsp3) is 0.333. The Morgan fingerprint density at radius 3 is 2.39 bits per heavy atom. The summed E-state index contributed by atoms with van der Waals surface area (Å²) in [6.07, 6.45) is 4.01. The third-order valence-corrected chi connectivity index (χ3v) is 4.11. The lowest BCUT2D eigenvalue weighted by atomic mass is 10.1. The molecule has 0 aromatic heterocycles. The van der Waals surface area contributed by atoms with Gasteiger partial charge in [-0.2, -0.15) is 0 Å². The number of fused-ring (bicyclic) bond motifs is 1. The van der Waals surface area contributed by atoms with Gasteiger partial charge in [-0.15, -0.1) is 0 Å². The van der Waals surface area contributed by atoms with Crippen LogP contribution in [0.2, 0.25) is 0 Å². The zero-order valence-electron chi connectivity index (χ0n) is 10.2. The van der Waals surface area contributed by atoms with E-state index in [2.05, 4.69) is 35.2 Å². The standard InChI is InChI=1S/C15H16INO/c16-18-15-7-5-12-10-14(6-4-13(12)11-15)17-8-2-1-3-9-17/h4-7,10-11H,1-3,8-9H2. The van der Waals surface area contributed by atoms with Gasteiger partial charge in [-0.25, -0.2) is 0 Å². The molecular weight excluding hydrogens is 337 g/mol. The number of nitrogens with zero attached hydrogens (tertiary/aromatic N) is 1. The smallest absolute Gasteiger partial charge is 0.192 e. The van der Waals surface area contributed by atoms with Gasteiger partial charge in [0.15, 0.2) is 23.0 Å². The Morgan fingerprint density at radius 2 is 1.61 bits per heavy atom. The lowest BCUT2D eigenvalue weighted by molar-refractivity contribution is 0.578. The van der Waals surface area contributed by atoms with E-state index in [1.165, 1.54) is 48.8 Å². The van der Waals surface area contributed by atoms with Gasteiger partial charge in [0.1, 0.15) is 5.75 Å². The molecule has 2 aromatic carbocycles. The van der Waals surface area contributed by atoms with Crippen molar-refractivity contribution in [2.24, 2.45) is 0 Å². The van der Waals surface area contributed by atoms with E-state index >= 15 is 0 Å². The number of benzene rings is 2. The summed E-state index contributed by atoms with van der Waals surface area (Å²) in [5.41, 5.74) is 1.35. The Bertz CT molecular complexity index is 549. The van der Waals surface area contributed by atoms with Crippen molar-refractivity contribution in [3.8, 4) is 5.75 Å². The molecule has 1 fully saturated rings. The number of hydrogen-bond acceptors (Lipinski definition) is 2. The van der Waals surface area contributed by atoms with Crippen molar-refractivity contribution in [2.45, 2.75) is 19.3 Å². The van der Waals surface area contributed by atoms with Gasteiger partial charge in [-0.3, -0.25) is 0 Å². The van der Waals surface area contributed by atoms with Crippen molar-refractivity contribution >= 4 is 39.5 Å². The molecule has 0 amide bonds. The maximum absolute atomic E-state index is 5.23. The fourth-order valence-electron chi connectivity index (χ4n) is 2.61. The molecule has 0 N–H and O–H groups in total. The predicted molar refractivity (Wildman–Crippen MR) is 84.7 cm³/mol. The number of anilines is 1. The zero-order valence-corrected chi connectivity index (χ0v) is 12.4. The maximum atomic E-state index is 5.23. The van der Waals surface area contributed by atoms with E-state index in [0.717, 1.165) is 5.75 Å². The lowest BCUT2D eigenvalue weighted by Gasteiger charge is -2.29. The molecule has 1 aliphatic heterocycles. The highest BCUT2D eigenvalue weighted by Crippen LogP contribution is 2.27. The molecule has 0 atom stereocenters. The van der Waals surface area contributed by atoms with Gasteiger partial charge in [0.2, 0.25) is 0 Å². The van der Waals surface area contributed by atoms with Crippen LogP contribution < -0.4 is 7.97 Å². The Kier molecular flexibility index (Phi) is 3.59. The molecule has 2 nitrogen and oxygen atoms in total. The van der Waals surface area contributed by atoms with E-state index in [9.17, 15) is 0 Å². The van der Waals surface area contributed by atoms with E-state index in [4.69, 9.17) is 3.07 Å². The van der Waals surface area contributed by atoms with Crippen molar-refractivity contribution in [3.05, 3.63) is 36.4 Å². The minimum absolute atomic E-state index is 0.911. The van der Waals surface area contributed by atoms with Gasteiger partial charge in [0.05, 0.1) is 0 Å². The second-order valence-electron chi connectivity index (χ2n) is 4.82. The first-order chi connectivity index (χ1) is 8.86. The van der Waals surface area contributed by atoms with Gasteiger partial charge < -0.3 is 7.97 Å². The van der Waals surface area contributed by atoms with E-state index in [-0.39, 0.29) is 0 Å². The number of halogens is 1. The van der Waals surface area contributed by atoms with E-state index < -0.39 is 0 Å². The minimum atomic E-state index is 0.911. The van der Waals surface area contributed by atoms with Crippen LogP contribution in [0, 0.1) is 0 Å². The Balaban J connectivity index is 1.95. The molecule has 0 radical (unpaired) electrons. The summed E-state index contributed by atoms with van der Waals surface area (Å²) in [6, 6.07) is 13.0. The van der Waals surface area contributed by atoms with Gasteiger partial charge in [-0.05, 0) is 54.3 Å². The summed E-state index contributed by atoms with van der Waals surface area (Å²) in [5, 5.41) is 2.53. The molecule has 1 heterocycles. The quantitative estimate of drug-likeness (QED) is 0.734. The molecular formula is C15H16INO. The van der Waals surface area contributed by atoms with Crippen LogP contribution in [0.5, 0.6) is 5.75 Å². The van der Waals surface area contributed by atoms with Gasteiger partial charge in [0, 0.05) is 18.8 Å². The molecule has 94 valence electrons. The highest BCUT2D eigenvalue weighted by molar-refractivity contribution is 14.1. The van der Waals surface area contributed by atoms with Gasteiger partial charge in [-0.1, -0.05) is 12.1 Å². The average Bonchev–Trinajstić information content (AvgIpc) is 2.47. The van der Waals surface area contributed by atoms with Crippen molar-refractivity contribution in [3.63, 3.8) is 0 Å². The molecule has 0 spiro atoms. The summed E-state index contributed by atoms with van der Waals surface area (Å²) >= 11 is 1.92. The van der Waals surface area contributed by atoms with E-state index in [1.54, 1.807) is 0 Å². The molecule has 0 saturated carbocycles. The summed E-state index contributed by atoms with van der Waals surface area (Å²) in [4.78, 5) is 2.49. The van der Waals surface area contributed by atoms with Crippen LogP contribution in [-0.4, -0.2) is 13.1 Å². The molecule has 1 aliphatic rings. The highest BCUT2D eigenvalue weighted by Gasteiger charge is 2.11. The molecule has 3 heteroatoms. The normalized spacial score (nSPS) is 15.9. The fourth-order valence-corrected chi connectivity index (χ4v) is 2.88.